The molecule has 1 fully saturated rings. The van der Waals surface area contributed by atoms with Crippen molar-refractivity contribution in [2.45, 2.75) is 32.2 Å². The van der Waals surface area contributed by atoms with Gasteiger partial charge >= 0.3 is 0 Å². The van der Waals surface area contributed by atoms with E-state index in [2.05, 4.69) is 20.5 Å². The summed E-state index contributed by atoms with van der Waals surface area (Å²) >= 11 is 0. The van der Waals surface area contributed by atoms with E-state index in [1.807, 2.05) is 12.1 Å². The average Bonchev–Trinajstić information content (AvgIpc) is 2.68. The van der Waals surface area contributed by atoms with Gasteiger partial charge in [-0.3, -0.25) is 19.5 Å². The third-order valence-electron chi connectivity index (χ3n) is 4.63. The SMILES string of the molecule is COCCNC(=O)C1CCCN(Cc2ccncc2)CCC(=O)NCC1. The predicted octanol–water partition coefficient (Wildman–Crippen LogP) is 0.953. The van der Waals surface area contributed by atoms with Crippen molar-refractivity contribution in [2.24, 2.45) is 5.92 Å². The molecule has 1 aliphatic heterocycles. The highest BCUT2D eigenvalue weighted by Crippen LogP contribution is 2.14. The number of pyridine rings is 1. The highest BCUT2D eigenvalue weighted by atomic mass is 16.5. The minimum atomic E-state index is -0.0759. The molecule has 0 spiro atoms. The molecule has 2 heterocycles. The molecule has 2 rings (SSSR count). The van der Waals surface area contributed by atoms with Gasteiger partial charge in [-0.1, -0.05) is 0 Å². The first-order valence-corrected chi connectivity index (χ1v) is 9.33. The van der Waals surface area contributed by atoms with Crippen LogP contribution in [0.1, 0.15) is 31.2 Å². The Bertz CT molecular complexity index is 553. The molecule has 1 aromatic heterocycles. The fraction of sp³-hybridized carbons (Fsp3) is 0.632. The molecule has 0 aliphatic carbocycles. The third-order valence-corrected chi connectivity index (χ3v) is 4.63. The molecule has 0 radical (unpaired) electrons. The van der Waals surface area contributed by atoms with Gasteiger partial charge in [0.05, 0.1) is 6.61 Å². The first kappa shape index (κ1) is 20.3. The minimum Gasteiger partial charge on any atom is -0.383 e. The zero-order valence-electron chi connectivity index (χ0n) is 15.6. The van der Waals surface area contributed by atoms with Crippen LogP contribution in [0, 0.1) is 5.92 Å². The first-order chi connectivity index (χ1) is 12.7. The lowest BCUT2D eigenvalue weighted by molar-refractivity contribution is -0.126. The smallest absolute Gasteiger partial charge is 0.223 e. The number of rotatable bonds is 6. The quantitative estimate of drug-likeness (QED) is 0.736. The summed E-state index contributed by atoms with van der Waals surface area (Å²) in [6.07, 6.45) is 6.48. The summed E-state index contributed by atoms with van der Waals surface area (Å²) in [7, 11) is 1.62. The van der Waals surface area contributed by atoms with E-state index in [1.165, 1.54) is 5.56 Å². The van der Waals surface area contributed by atoms with Gasteiger partial charge in [-0.2, -0.15) is 0 Å². The van der Waals surface area contributed by atoms with Crippen molar-refractivity contribution in [1.82, 2.24) is 20.5 Å². The minimum absolute atomic E-state index is 0.0465. The topological polar surface area (TPSA) is 83.6 Å². The molecule has 1 aliphatic rings. The van der Waals surface area contributed by atoms with Crippen LogP contribution < -0.4 is 10.6 Å². The van der Waals surface area contributed by atoms with Crippen LogP contribution in [0.3, 0.4) is 0 Å². The standard InChI is InChI=1S/C19H30N4O3/c1-26-14-11-22-19(25)17-3-2-12-23(13-7-18(24)21-10-6-17)15-16-4-8-20-9-5-16/h4-5,8-9,17H,2-3,6-7,10-15H2,1H3,(H,21,24)(H,22,25). The zero-order chi connectivity index (χ0) is 18.6. The lowest BCUT2D eigenvalue weighted by Crippen LogP contribution is -2.35. The highest BCUT2D eigenvalue weighted by Gasteiger charge is 2.20. The molecule has 1 unspecified atom stereocenters. The normalized spacial score (nSPS) is 20.0. The highest BCUT2D eigenvalue weighted by molar-refractivity contribution is 5.79. The summed E-state index contributed by atoms with van der Waals surface area (Å²) in [5, 5.41) is 5.85. The van der Waals surface area contributed by atoms with E-state index in [1.54, 1.807) is 19.5 Å². The molecule has 144 valence electrons. The van der Waals surface area contributed by atoms with Crippen molar-refractivity contribution in [1.29, 1.82) is 0 Å². The number of nitrogens with one attached hydrogen (secondary N) is 2. The largest absolute Gasteiger partial charge is 0.383 e. The lowest BCUT2D eigenvalue weighted by Gasteiger charge is -2.22. The molecule has 0 aromatic carbocycles. The van der Waals surface area contributed by atoms with E-state index >= 15 is 0 Å². The number of nitrogens with zero attached hydrogens (tertiary/aromatic N) is 2. The van der Waals surface area contributed by atoms with Gasteiger partial charge in [-0.05, 0) is 43.5 Å². The van der Waals surface area contributed by atoms with Crippen molar-refractivity contribution >= 4 is 11.8 Å². The maximum Gasteiger partial charge on any atom is 0.223 e. The molecule has 26 heavy (non-hydrogen) atoms. The Morgan fingerprint density at radius 3 is 2.92 bits per heavy atom. The predicted molar refractivity (Wildman–Crippen MR) is 99.4 cm³/mol. The van der Waals surface area contributed by atoms with E-state index in [4.69, 9.17) is 4.74 Å². The number of hydrogen-bond acceptors (Lipinski definition) is 5. The van der Waals surface area contributed by atoms with E-state index in [0.717, 1.165) is 32.5 Å². The maximum atomic E-state index is 12.4. The van der Waals surface area contributed by atoms with Gasteiger partial charge in [0.25, 0.3) is 0 Å². The number of amides is 2. The summed E-state index contributed by atoms with van der Waals surface area (Å²) in [5.41, 5.74) is 1.18. The molecule has 1 atom stereocenters. The molecular formula is C19H30N4O3. The monoisotopic (exact) mass is 362 g/mol. The fourth-order valence-corrected chi connectivity index (χ4v) is 3.14. The molecule has 1 aromatic rings. The molecular weight excluding hydrogens is 332 g/mol. The summed E-state index contributed by atoms with van der Waals surface area (Å²) in [6, 6.07) is 3.99. The van der Waals surface area contributed by atoms with E-state index in [9.17, 15) is 9.59 Å². The van der Waals surface area contributed by atoms with Gasteiger partial charge in [-0.15, -0.1) is 0 Å². The average molecular weight is 362 g/mol. The zero-order valence-corrected chi connectivity index (χ0v) is 15.6. The molecule has 1 saturated heterocycles. The second-order valence-electron chi connectivity index (χ2n) is 6.64. The number of ether oxygens (including phenoxy) is 1. The second kappa shape index (κ2) is 11.6. The number of aromatic nitrogens is 1. The van der Waals surface area contributed by atoms with Crippen LogP contribution >= 0.6 is 0 Å². The van der Waals surface area contributed by atoms with Crippen molar-refractivity contribution in [2.75, 3.05) is 39.9 Å². The van der Waals surface area contributed by atoms with Gasteiger partial charge in [0, 0.05) is 58.0 Å². The molecule has 2 amide bonds. The molecule has 7 nitrogen and oxygen atoms in total. The number of hydrogen-bond donors (Lipinski definition) is 2. The Balaban J connectivity index is 1.92. The first-order valence-electron chi connectivity index (χ1n) is 9.33. The lowest BCUT2D eigenvalue weighted by atomic mass is 9.98. The number of methoxy groups -OCH3 is 1. The van der Waals surface area contributed by atoms with E-state index in [0.29, 0.717) is 32.5 Å². The number of carbonyl (C=O) groups excluding carboxylic acids is 2. The van der Waals surface area contributed by atoms with Gasteiger partial charge < -0.3 is 15.4 Å². The third kappa shape index (κ3) is 7.49. The Kier molecular flexibility index (Phi) is 9.06. The van der Waals surface area contributed by atoms with Crippen LogP contribution in [0.4, 0.5) is 0 Å². The van der Waals surface area contributed by atoms with Crippen LogP contribution in [-0.2, 0) is 20.9 Å². The Morgan fingerprint density at radius 2 is 2.15 bits per heavy atom. The van der Waals surface area contributed by atoms with Gasteiger partial charge in [0.1, 0.15) is 0 Å². The Morgan fingerprint density at radius 1 is 1.35 bits per heavy atom. The van der Waals surface area contributed by atoms with Gasteiger partial charge in [0.15, 0.2) is 0 Å². The second-order valence-corrected chi connectivity index (χ2v) is 6.64. The van der Waals surface area contributed by atoms with E-state index in [-0.39, 0.29) is 17.7 Å². The van der Waals surface area contributed by atoms with Crippen LogP contribution in [0.15, 0.2) is 24.5 Å². The maximum absolute atomic E-state index is 12.4. The summed E-state index contributed by atoms with van der Waals surface area (Å²) in [4.78, 5) is 30.7. The molecule has 7 heteroatoms. The van der Waals surface area contributed by atoms with Crippen LogP contribution in [-0.4, -0.2) is 61.6 Å². The van der Waals surface area contributed by atoms with Gasteiger partial charge in [0.2, 0.25) is 11.8 Å². The van der Waals surface area contributed by atoms with E-state index < -0.39 is 0 Å². The summed E-state index contributed by atoms with van der Waals surface area (Å²) in [6.45, 7) is 3.96. The summed E-state index contributed by atoms with van der Waals surface area (Å²) in [5.74, 6) is 0.0226. The fourth-order valence-electron chi connectivity index (χ4n) is 3.14. The number of carbonyl (C=O) groups is 2. The van der Waals surface area contributed by atoms with Crippen LogP contribution in [0.2, 0.25) is 0 Å². The molecule has 2 N–H and O–H groups in total. The Labute approximate surface area is 155 Å². The van der Waals surface area contributed by atoms with Crippen LogP contribution in [0.25, 0.3) is 0 Å². The summed E-state index contributed by atoms with van der Waals surface area (Å²) < 4.78 is 4.98. The van der Waals surface area contributed by atoms with Crippen LogP contribution in [0.5, 0.6) is 0 Å². The Hall–Kier alpha value is -1.99. The van der Waals surface area contributed by atoms with Crippen molar-refractivity contribution < 1.29 is 14.3 Å². The van der Waals surface area contributed by atoms with Crippen molar-refractivity contribution in [3.63, 3.8) is 0 Å². The molecule has 0 saturated carbocycles. The van der Waals surface area contributed by atoms with Crippen molar-refractivity contribution in [3.05, 3.63) is 30.1 Å². The molecule has 0 bridgehead atoms. The van der Waals surface area contributed by atoms with Crippen molar-refractivity contribution in [3.8, 4) is 0 Å². The van der Waals surface area contributed by atoms with Gasteiger partial charge in [-0.25, -0.2) is 0 Å².